The molecule has 2 heterocycles. The highest BCUT2D eigenvalue weighted by Gasteiger charge is 2.24. The first-order valence-corrected chi connectivity index (χ1v) is 18.8. The standard InChI is InChI=1S/C50H31NOS/c1-2-11-33(12-3-1)40-29-30-44(48-43-16-6-8-19-46(43)52-49(40)48)51(45-18-10-17-42-41-15-7-9-20-47(41)53-50(42)45)37-26-23-32(24-27-37)35-25-28-39-36(31-35)22-21-34-13-4-5-14-38(34)39/h1-31H. The van der Waals surface area contributed by atoms with Crippen LogP contribution in [-0.2, 0) is 0 Å². The van der Waals surface area contributed by atoms with E-state index in [9.17, 15) is 0 Å². The molecule has 0 bridgehead atoms. The normalized spacial score (nSPS) is 11.8. The number of furan rings is 1. The number of thiophene rings is 1. The van der Waals surface area contributed by atoms with Crippen LogP contribution in [0.5, 0.6) is 0 Å². The predicted octanol–water partition coefficient (Wildman–Crippen LogP) is 15.1. The van der Waals surface area contributed by atoms with Crippen molar-refractivity contribution in [1.82, 2.24) is 0 Å². The second-order valence-corrected chi connectivity index (χ2v) is 14.7. The van der Waals surface area contributed by atoms with Gasteiger partial charge in [-0.3, -0.25) is 0 Å². The zero-order valence-corrected chi connectivity index (χ0v) is 29.5. The van der Waals surface area contributed by atoms with Gasteiger partial charge in [0.15, 0.2) is 0 Å². The van der Waals surface area contributed by atoms with E-state index < -0.39 is 0 Å². The highest BCUT2D eigenvalue weighted by molar-refractivity contribution is 7.26. The van der Waals surface area contributed by atoms with Crippen molar-refractivity contribution in [2.45, 2.75) is 0 Å². The number of rotatable bonds is 5. The van der Waals surface area contributed by atoms with E-state index in [0.717, 1.165) is 50.1 Å². The van der Waals surface area contributed by atoms with Crippen molar-refractivity contribution < 1.29 is 4.42 Å². The third kappa shape index (κ3) is 4.78. The van der Waals surface area contributed by atoms with Crippen LogP contribution in [0.15, 0.2) is 192 Å². The molecule has 0 radical (unpaired) electrons. The van der Waals surface area contributed by atoms with Crippen molar-refractivity contribution in [3.63, 3.8) is 0 Å². The molecular formula is C50H31NOS. The summed E-state index contributed by atoms with van der Waals surface area (Å²) in [6.45, 7) is 0. The van der Waals surface area contributed by atoms with Crippen LogP contribution in [0.2, 0.25) is 0 Å². The van der Waals surface area contributed by atoms with Gasteiger partial charge in [-0.15, -0.1) is 11.3 Å². The van der Waals surface area contributed by atoms with E-state index in [2.05, 4.69) is 193 Å². The number of fused-ring (bicyclic) bond motifs is 9. The van der Waals surface area contributed by atoms with E-state index in [1.54, 1.807) is 0 Å². The van der Waals surface area contributed by atoms with Crippen LogP contribution in [0.25, 0.3) is 85.9 Å². The molecule has 11 rings (SSSR count). The molecule has 9 aromatic carbocycles. The van der Waals surface area contributed by atoms with Crippen LogP contribution < -0.4 is 4.90 Å². The minimum atomic E-state index is 0.881. The summed E-state index contributed by atoms with van der Waals surface area (Å²) in [5, 5.41) is 9.83. The Morgan fingerprint density at radius 2 is 1.11 bits per heavy atom. The van der Waals surface area contributed by atoms with Crippen LogP contribution in [0.3, 0.4) is 0 Å². The van der Waals surface area contributed by atoms with Gasteiger partial charge < -0.3 is 9.32 Å². The van der Waals surface area contributed by atoms with Crippen molar-refractivity contribution in [3.8, 4) is 22.3 Å². The van der Waals surface area contributed by atoms with Crippen LogP contribution in [0.4, 0.5) is 17.1 Å². The number of anilines is 3. The Kier molecular flexibility index (Phi) is 6.76. The molecule has 2 aromatic heterocycles. The van der Waals surface area contributed by atoms with E-state index in [0.29, 0.717) is 0 Å². The molecule has 0 N–H and O–H groups in total. The molecule has 0 saturated heterocycles. The molecular weight excluding hydrogens is 663 g/mol. The highest BCUT2D eigenvalue weighted by atomic mass is 32.1. The summed E-state index contributed by atoms with van der Waals surface area (Å²) in [6, 6.07) is 67.9. The van der Waals surface area contributed by atoms with Crippen LogP contribution in [0, 0.1) is 0 Å². The third-order valence-corrected chi connectivity index (χ3v) is 11.9. The van der Waals surface area contributed by atoms with Gasteiger partial charge in [0.1, 0.15) is 11.2 Å². The van der Waals surface area contributed by atoms with Crippen molar-refractivity contribution in [2.24, 2.45) is 0 Å². The molecule has 0 fully saturated rings. The van der Waals surface area contributed by atoms with E-state index in [-0.39, 0.29) is 0 Å². The predicted molar refractivity (Wildman–Crippen MR) is 227 cm³/mol. The smallest absolute Gasteiger partial charge is 0.145 e. The topological polar surface area (TPSA) is 16.4 Å². The number of nitrogens with zero attached hydrogens (tertiary/aromatic N) is 1. The number of hydrogen-bond acceptors (Lipinski definition) is 3. The monoisotopic (exact) mass is 693 g/mol. The molecule has 0 aliphatic rings. The van der Waals surface area contributed by atoms with Crippen molar-refractivity contribution in [1.29, 1.82) is 0 Å². The molecule has 2 nitrogen and oxygen atoms in total. The van der Waals surface area contributed by atoms with Gasteiger partial charge in [0.05, 0.1) is 21.5 Å². The van der Waals surface area contributed by atoms with E-state index in [4.69, 9.17) is 4.42 Å². The number of benzene rings is 9. The Morgan fingerprint density at radius 1 is 0.415 bits per heavy atom. The van der Waals surface area contributed by atoms with Crippen molar-refractivity contribution in [2.75, 3.05) is 4.90 Å². The first kappa shape index (κ1) is 30.0. The van der Waals surface area contributed by atoms with E-state index in [1.165, 1.54) is 52.8 Å². The number of para-hydroxylation sites is 1. The first-order valence-electron chi connectivity index (χ1n) is 18.0. The van der Waals surface area contributed by atoms with Crippen molar-refractivity contribution in [3.05, 3.63) is 188 Å². The molecule has 11 aromatic rings. The average molecular weight is 694 g/mol. The Morgan fingerprint density at radius 3 is 2.00 bits per heavy atom. The summed E-state index contributed by atoms with van der Waals surface area (Å²) in [5.74, 6) is 0. The largest absolute Gasteiger partial charge is 0.455 e. The Bertz CT molecular complexity index is 3170. The van der Waals surface area contributed by atoms with Gasteiger partial charge in [0, 0.05) is 32.1 Å². The summed E-state index contributed by atoms with van der Waals surface area (Å²) in [5.41, 5.74) is 9.69. The van der Waals surface area contributed by atoms with Gasteiger partial charge in [-0.05, 0) is 86.8 Å². The van der Waals surface area contributed by atoms with Gasteiger partial charge in [0.25, 0.3) is 0 Å². The fraction of sp³-hybridized carbons (Fsp3) is 0. The van der Waals surface area contributed by atoms with E-state index in [1.807, 2.05) is 11.3 Å². The molecule has 0 atom stereocenters. The molecule has 0 aliphatic carbocycles. The molecule has 3 heteroatoms. The summed E-state index contributed by atoms with van der Waals surface area (Å²) < 4.78 is 9.29. The van der Waals surface area contributed by atoms with Gasteiger partial charge >= 0.3 is 0 Å². The lowest BCUT2D eigenvalue weighted by molar-refractivity contribution is 0.670. The minimum absolute atomic E-state index is 0.881. The fourth-order valence-corrected chi connectivity index (χ4v) is 9.36. The Balaban J connectivity index is 1.13. The fourth-order valence-electron chi connectivity index (χ4n) is 8.15. The summed E-state index contributed by atoms with van der Waals surface area (Å²) in [6.07, 6.45) is 0. The molecule has 0 aliphatic heterocycles. The molecule has 0 amide bonds. The molecule has 0 saturated carbocycles. The Labute approximate surface area is 310 Å². The summed E-state index contributed by atoms with van der Waals surface area (Å²) in [4.78, 5) is 2.44. The maximum atomic E-state index is 6.75. The van der Waals surface area contributed by atoms with Gasteiger partial charge in [-0.25, -0.2) is 0 Å². The van der Waals surface area contributed by atoms with Crippen molar-refractivity contribution >= 4 is 92.1 Å². The molecule has 53 heavy (non-hydrogen) atoms. The number of hydrogen-bond donors (Lipinski definition) is 0. The lowest BCUT2D eigenvalue weighted by Crippen LogP contribution is -2.10. The third-order valence-electron chi connectivity index (χ3n) is 10.7. The van der Waals surface area contributed by atoms with Crippen LogP contribution in [-0.4, -0.2) is 0 Å². The maximum absolute atomic E-state index is 6.75. The van der Waals surface area contributed by atoms with E-state index >= 15 is 0 Å². The zero-order chi connectivity index (χ0) is 34.9. The lowest BCUT2D eigenvalue weighted by Gasteiger charge is -2.27. The molecule has 248 valence electrons. The summed E-state index contributed by atoms with van der Waals surface area (Å²) in [7, 11) is 0. The van der Waals surface area contributed by atoms with Gasteiger partial charge in [0.2, 0.25) is 0 Å². The second-order valence-electron chi connectivity index (χ2n) is 13.7. The zero-order valence-electron chi connectivity index (χ0n) is 28.7. The first-order chi connectivity index (χ1) is 26.3. The summed E-state index contributed by atoms with van der Waals surface area (Å²) >= 11 is 1.85. The van der Waals surface area contributed by atoms with Gasteiger partial charge in [-0.2, -0.15) is 0 Å². The maximum Gasteiger partial charge on any atom is 0.145 e. The molecule has 0 unspecified atom stereocenters. The van der Waals surface area contributed by atoms with Gasteiger partial charge in [-0.1, -0.05) is 140 Å². The minimum Gasteiger partial charge on any atom is -0.455 e. The second kappa shape index (κ2) is 11.9. The quantitative estimate of drug-likeness (QED) is 0.167. The SMILES string of the molecule is c1ccc(-c2ccc(N(c3ccc(-c4ccc5c(ccc6ccccc65)c4)cc3)c3cccc4c3sc3ccccc34)c3c2oc2ccccc23)cc1. The molecule has 0 spiro atoms. The van der Waals surface area contributed by atoms with Crippen LogP contribution >= 0.6 is 11.3 Å². The van der Waals surface area contributed by atoms with Crippen LogP contribution in [0.1, 0.15) is 0 Å². The average Bonchev–Trinajstić information content (AvgIpc) is 3.81. The highest BCUT2D eigenvalue weighted by Crippen LogP contribution is 2.49. The Hall–Kier alpha value is -6.68. The lowest BCUT2D eigenvalue weighted by atomic mass is 9.97.